The van der Waals surface area contributed by atoms with Gasteiger partial charge in [0.1, 0.15) is 5.76 Å². The lowest BCUT2D eigenvalue weighted by molar-refractivity contribution is -0.116. The molecule has 0 bridgehead atoms. The van der Waals surface area contributed by atoms with Crippen LogP contribution in [0, 0.1) is 0 Å². The monoisotopic (exact) mass is 367 g/mol. The number of ether oxygens (including phenoxy) is 1. The molecule has 0 saturated heterocycles. The predicted octanol–water partition coefficient (Wildman–Crippen LogP) is 4.61. The van der Waals surface area contributed by atoms with E-state index >= 15 is 0 Å². The van der Waals surface area contributed by atoms with Gasteiger partial charge in [-0.15, -0.1) is 0 Å². The Hall–Kier alpha value is -1.98. The van der Waals surface area contributed by atoms with Crippen molar-refractivity contribution in [1.29, 1.82) is 0 Å². The molecule has 0 aromatic heterocycles. The molecule has 3 rings (SSSR count). The summed E-state index contributed by atoms with van der Waals surface area (Å²) in [6, 6.07) is 5.09. The highest BCUT2D eigenvalue weighted by molar-refractivity contribution is 6.42. The molecule has 1 aromatic rings. The maximum Gasteiger partial charge on any atom is 0.511 e. The summed E-state index contributed by atoms with van der Waals surface area (Å²) in [5.41, 5.74) is 2.41. The summed E-state index contributed by atoms with van der Waals surface area (Å²) >= 11 is 12.5. The van der Waals surface area contributed by atoms with Gasteiger partial charge in [0.05, 0.1) is 21.7 Å². The molecule has 0 saturated carbocycles. The van der Waals surface area contributed by atoms with Crippen LogP contribution >= 0.6 is 23.2 Å². The topological polar surface area (TPSA) is 75.6 Å². The van der Waals surface area contributed by atoms with Crippen molar-refractivity contribution in [3.63, 3.8) is 0 Å². The van der Waals surface area contributed by atoms with Crippen molar-refractivity contribution in [1.82, 2.24) is 5.32 Å². The average molecular weight is 368 g/mol. The molecule has 0 radical (unpaired) electrons. The van der Waals surface area contributed by atoms with Gasteiger partial charge < -0.3 is 15.2 Å². The number of dihydropyridines is 1. The van der Waals surface area contributed by atoms with E-state index in [1.807, 2.05) is 0 Å². The van der Waals surface area contributed by atoms with Crippen molar-refractivity contribution < 1.29 is 19.4 Å². The van der Waals surface area contributed by atoms with E-state index in [4.69, 9.17) is 33.0 Å². The number of ketones is 1. The van der Waals surface area contributed by atoms with Crippen LogP contribution in [-0.4, -0.2) is 17.0 Å². The first kappa shape index (κ1) is 16.9. The van der Waals surface area contributed by atoms with Gasteiger partial charge in [-0.05, 0) is 31.4 Å². The highest BCUT2D eigenvalue weighted by Gasteiger charge is 2.39. The number of carboxylic acid groups (broad SMARTS) is 1. The van der Waals surface area contributed by atoms with Gasteiger partial charge in [-0.2, -0.15) is 0 Å². The quantitative estimate of drug-likeness (QED) is 0.746. The molecule has 0 fully saturated rings. The van der Waals surface area contributed by atoms with Crippen LogP contribution in [0.1, 0.15) is 37.7 Å². The molecule has 0 amide bonds. The molecule has 1 atom stereocenters. The van der Waals surface area contributed by atoms with Gasteiger partial charge in [-0.3, -0.25) is 4.79 Å². The van der Waals surface area contributed by atoms with Gasteiger partial charge in [0.15, 0.2) is 5.78 Å². The fourth-order valence-electron chi connectivity index (χ4n) is 3.23. The zero-order valence-electron chi connectivity index (χ0n) is 12.9. The van der Waals surface area contributed by atoms with E-state index in [2.05, 4.69) is 5.32 Å². The number of hydrogen-bond acceptors (Lipinski definition) is 4. The minimum atomic E-state index is -1.44. The van der Waals surface area contributed by atoms with Crippen LogP contribution < -0.4 is 5.32 Å². The van der Waals surface area contributed by atoms with E-state index in [0.717, 1.165) is 12.1 Å². The molecular weight excluding hydrogens is 353 g/mol. The third-order valence-electron chi connectivity index (χ3n) is 4.20. The van der Waals surface area contributed by atoms with E-state index < -0.39 is 12.1 Å². The molecule has 2 aliphatic rings. The Morgan fingerprint density at radius 3 is 2.79 bits per heavy atom. The SMILES string of the molecule is CC1=C(OC(=O)O)C(c2cccc(Cl)c2Cl)C2=C(CCCC2=O)N1. The fraction of sp³-hybridized carbons (Fsp3) is 0.294. The zero-order chi connectivity index (χ0) is 17.4. The van der Waals surface area contributed by atoms with E-state index in [1.165, 1.54) is 0 Å². The second-order valence-corrected chi connectivity index (χ2v) is 6.51. The lowest BCUT2D eigenvalue weighted by atomic mass is 9.78. The zero-order valence-corrected chi connectivity index (χ0v) is 14.4. The largest absolute Gasteiger partial charge is 0.511 e. The molecular formula is C17H15Cl2NO4. The molecule has 2 N–H and O–H groups in total. The number of hydrogen-bond donors (Lipinski definition) is 2. The smallest absolute Gasteiger partial charge is 0.449 e. The van der Waals surface area contributed by atoms with Gasteiger partial charge in [0, 0.05) is 17.7 Å². The minimum absolute atomic E-state index is 0.0382. The molecule has 1 heterocycles. The van der Waals surface area contributed by atoms with Crippen LogP contribution in [0.3, 0.4) is 0 Å². The van der Waals surface area contributed by atoms with Crippen molar-refractivity contribution >= 4 is 35.1 Å². The molecule has 126 valence electrons. The van der Waals surface area contributed by atoms with Gasteiger partial charge in [-0.25, -0.2) is 4.79 Å². The van der Waals surface area contributed by atoms with E-state index in [0.29, 0.717) is 34.7 Å². The molecule has 1 aliphatic heterocycles. The number of nitrogens with one attached hydrogen (secondary N) is 1. The summed E-state index contributed by atoms with van der Waals surface area (Å²) in [7, 11) is 0. The summed E-state index contributed by atoms with van der Waals surface area (Å²) in [4.78, 5) is 23.7. The number of halogens is 2. The van der Waals surface area contributed by atoms with Crippen molar-refractivity contribution in [3.05, 3.63) is 56.5 Å². The van der Waals surface area contributed by atoms with E-state index in [1.54, 1.807) is 25.1 Å². The lowest BCUT2D eigenvalue weighted by Gasteiger charge is -2.34. The molecule has 1 unspecified atom stereocenters. The standard InChI is InChI=1S/C17H15Cl2NO4/c1-8-16(24-17(22)23)13(9-4-2-5-10(18)15(9)19)14-11(20-8)6-3-7-12(14)21/h2,4-5,13,20H,3,6-7H2,1H3,(H,22,23). The summed E-state index contributed by atoms with van der Waals surface area (Å²) < 4.78 is 5.01. The van der Waals surface area contributed by atoms with Crippen LogP contribution in [-0.2, 0) is 9.53 Å². The Labute approximate surface area is 148 Å². The number of carbonyl (C=O) groups excluding carboxylic acids is 1. The molecule has 1 aliphatic carbocycles. The third kappa shape index (κ3) is 2.89. The maximum absolute atomic E-state index is 12.5. The number of carbonyl (C=O) groups is 2. The minimum Gasteiger partial charge on any atom is -0.449 e. The maximum atomic E-state index is 12.5. The van der Waals surface area contributed by atoms with Gasteiger partial charge in [0.2, 0.25) is 0 Å². The van der Waals surface area contributed by atoms with Crippen LogP contribution in [0.4, 0.5) is 4.79 Å². The van der Waals surface area contributed by atoms with Gasteiger partial charge in [-0.1, -0.05) is 35.3 Å². The summed E-state index contributed by atoms with van der Waals surface area (Å²) in [6.07, 6.45) is 0.437. The number of rotatable bonds is 2. The lowest BCUT2D eigenvalue weighted by Crippen LogP contribution is -2.33. The summed E-state index contributed by atoms with van der Waals surface area (Å²) in [5.74, 6) is -0.569. The normalized spacial score (nSPS) is 20.6. The van der Waals surface area contributed by atoms with Gasteiger partial charge in [0.25, 0.3) is 0 Å². The van der Waals surface area contributed by atoms with Gasteiger partial charge >= 0.3 is 6.16 Å². The predicted molar refractivity (Wildman–Crippen MR) is 90.0 cm³/mol. The van der Waals surface area contributed by atoms with Crippen LogP contribution in [0.5, 0.6) is 0 Å². The van der Waals surface area contributed by atoms with Crippen LogP contribution in [0.2, 0.25) is 10.0 Å². The highest BCUT2D eigenvalue weighted by atomic mass is 35.5. The van der Waals surface area contributed by atoms with Crippen molar-refractivity contribution in [3.8, 4) is 0 Å². The average Bonchev–Trinajstić information content (AvgIpc) is 2.51. The van der Waals surface area contributed by atoms with E-state index in [9.17, 15) is 9.59 Å². The Morgan fingerprint density at radius 1 is 1.33 bits per heavy atom. The van der Waals surface area contributed by atoms with Crippen molar-refractivity contribution in [2.45, 2.75) is 32.1 Å². The van der Waals surface area contributed by atoms with Crippen molar-refractivity contribution in [2.75, 3.05) is 0 Å². The van der Waals surface area contributed by atoms with Crippen molar-refractivity contribution in [2.24, 2.45) is 0 Å². The Bertz CT molecular complexity index is 798. The Kier molecular flexibility index (Phi) is 4.56. The fourth-order valence-corrected chi connectivity index (χ4v) is 3.65. The summed E-state index contributed by atoms with van der Waals surface area (Å²) in [6.45, 7) is 1.71. The molecule has 7 heteroatoms. The van der Waals surface area contributed by atoms with E-state index in [-0.39, 0.29) is 16.6 Å². The number of allylic oxidation sites excluding steroid dienone is 3. The first-order valence-corrected chi connectivity index (χ1v) is 8.24. The first-order valence-electron chi connectivity index (χ1n) is 7.49. The first-order chi connectivity index (χ1) is 11.4. The molecule has 0 spiro atoms. The second kappa shape index (κ2) is 6.49. The Balaban J connectivity index is 2.22. The molecule has 24 heavy (non-hydrogen) atoms. The van der Waals surface area contributed by atoms with Crippen LogP contribution in [0.25, 0.3) is 0 Å². The number of Topliss-reactive ketones (excluding diaryl/α,β-unsaturated/α-hetero) is 1. The van der Waals surface area contributed by atoms with Crippen LogP contribution in [0.15, 0.2) is 40.9 Å². The highest BCUT2D eigenvalue weighted by Crippen LogP contribution is 2.45. The molecule has 5 nitrogen and oxygen atoms in total. The summed E-state index contributed by atoms with van der Waals surface area (Å²) in [5, 5.41) is 12.8. The number of benzene rings is 1. The third-order valence-corrected chi connectivity index (χ3v) is 5.04. The Morgan fingerprint density at radius 2 is 2.08 bits per heavy atom. The second-order valence-electron chi connectivity index (χ2n) is 5.73. The molecule has 1 aromatic carbocycles.